The van der Waals surface area contributed by atoms with E-state index in [-0.39, 0.29) is 70.3 Å². The molecule has 139 heavy (non-hydrogen) atoms. The van der Waals surface area contributed by atoms with Crippen molar-refractivity contribution in [2.75, 3.05) is 19.7 Å². The van der Waals surface area contributed by atoms with Gasteiger partial charge in [-0.15, -0.1) is 0 Å². The molecule has 24 N–H and O–H groups in total. The van der Waals surface area contributed by atoms with Crippen molar-refractivity contribution in [2.24, 2.45) is 51.8 Å². The number of carbonyl (C=O) groups excluding carboxylic acids is 12. The lowest BCUT2D eigenvalue weighted by atomic mass is 9.98. The Hall–Kier alpha value is -14.7. The number of ether oxygens (including phenoxy) is 3. The maximum Gasteiger partial charge on any atom is 0.407 e. The normalized spacial score (nSPS) is 10.4. The zero-order valence-corrected chi connectivity index (χ0v) is 82.2. The Morgan fingerprint density at radius 2 is 0.576 bits per heavy atom. The summed E-state index contributed by atoms with van der Waals surface area (Å²) in [6.07, 6.45) is 4.60. The number of amides is 6. The van der Waals surface area contributed by atoms with E-state index in [1.165, 1.54) is 11.1 Å². The van der Waals surface area contributed by atoms with Crippen LogP contribution in [-0.2, 0) is 77.2 Å². The number of primary amides is 4. The van der Waals surface area contributed by atoms with Crippen LogP contribution in [0.1, 0.15) is 240 Å². The second-order valence-electron chi connectivity index (χ2n) is 31.9. The first-order valence-corrected chi connectivity index (χ1v) is 45.1. The van der Waals surface area contributed by atoms with Crippen LogP contribution in [0.2, 0.25) is 0 Å². The van der Waals surface area contributed by atoms with Crippen LogP contribution in [0.15, 0.2) is 276 Å². The topological polar surface area (TPSA) is 604 Å². The molecule has 0 atom stereocenters. The number of halogens is 2. The van der Waals surface area contributed by atoms with Crippen molar-refractivity contribution >= 4 is 109 Å². The van der Waals surface area contributed by atoms with Gasteiger partial charge in [-0.05, 0) is 223 Å². The van der Waals surface area contributed by atoms with Gasteiger partial charge in [0.2, 0.25) is 23.6 Å². The number of esters is 2. The number of cyclic esters (lactones) is 2. The quantitative estimate of drug-likeness (QED) is 0.00517. The van der Waals surface area contributed by atoms with Gasteiger partial charge in [0.05, 0.1) is 22.8 Å². The summed E-state index contributed by atoms with van der Waals surface area (Å²) in [5.74, 6) is 3.33. The number of hydrazine groups is 1. The second kappa shape index (κ2) is 65.1. The Morgan fingerprint density at radius 3 is 0.799 bits per heavy atom. The lowest BCUT2D eigenvalue weighted by Gasteiger charge is -2.19. The summed E-state index contributed by atoms with van der Waals surface area (Å²) in [5, 5.41) is 29.1. The highest BCUT2D eigenvalue weighted by Gasteiger charge is 2.29. The lowest BCUT2D eigenvalue weighted by molar-refractivity contribution is -0.134. The third-order valence-electron chi connectivity index (χ3n) is 18.8. The first kappa shape index (κ1) is 120. The van der Waals surface area contributed by atoms with Crippen LogP contribution < -0.4 is 62.5 Å². The van der Waals surface area contributed by atoms with E-state index in [2.05, 4.69) is 71.0 Å². The third-order valence-corrected chi connectivity index (χ3v) is 19.9. The van der Waals surface area contributed by atoms with Crippen molar-refractivity contribution in [1.82, 2.24) is 10.6 Å². The number of aliphatic carboxylic acids is 1. The molecule has 11 aromatic rings. The molecule has 11 aromatic carbocycles. The highest BCUT2D eigenvalue weighted by atomic mass is 79.9. The van der Waals surface area contributed by atoms with Gasteiger partial charge in [0.1, 0.15) is 11.2 Å². The molecule has 1 aliphatic heterocycles. The Balaban J connectivity index is 0.000000548. The fourth-order valence-corrected chi connectivity index (χ4v) is 12.7. The number of rotatable bonds is 29. The number of carboxylic acid groups (broad SMARTS) is 1. The molecule has 1 aliphatic rings. The van der Waals surface area contributed by atoms with Crippen molar-refractivity contribution in [3.8, 4) is 6.07 Å². The van der Waals surface area contributed by atoms with Crippen molar-refractivity contribution in [2.45, 2.75) is 150 Å². The van der Waals surface area contributed by atoms with Gasteiger partial charge >= 0.3 is 24.1 Å². The Labute approximate surface area is 826 Å². The van der Waals surface area contributed by atoms with Gasteiger partial charge in [0.15, 0.2) is 23.1 Å². The molecule has 0 aliphatic carbocycles. The van der Waals surface area contributed by atoms with Crippen LogP contribution in [0.25, 0.3) is 0 Å². The minimum atomic E-state index is -0.833. The van der Waals surface area contributed by atoms with Crippen molar-refractivity contribution in [3.05, 3.63) is 387 Å². The first-order valence-electron chi connectivity index (χ1n) is 43.6. The number of benzene rings is 11. The number of nitriles is 1. The zero-order chi connectivity index (χ0) is 103. The fraction of sp³-hybridized carbons (Fsp3) is 0.245. The van der Waals surface area contributed by atoms with Gasteiger partial charge in [-0.3, -0.25) is 54.8 Å². The molecule has 0 aromatic heterocycles. The maximum absolute atomic E-state index is 12.4. The molecule has 6 amide bonds. The predicted molar refractivity (Wildman–Crippen MR) is 543 cm³/mol. The molecule has 736 valence electrons. The van der Waals surface area contributed by atoms with E-state index in [0.29, 0.717) is 104 Å². The average Bonchev–Trinajstić information content (AvgIpc) is 1.66. The van der Waals surface area contributed by atoms with Crippen LogP contribution in [0.5, 0.6) is 0 Å². The molecule has 33 heteroatoms. The van der Waals surface area contributed by atoms with Crippen molar-refractivity contribution in [1.29, 1.82) is 5.26 Å². The smallest absolute Gasteiger partial charge is 0.407 e. The third kappa shape index (κ3) is 48.1. The average molecular weight is 2030 g/mol. The molecule has 0 bridgehead atoms. The van der Waals surface area contributed by atoms with Gasteiger partial charge in [-0.2, -0.15) is 5.26 Å². The molecule has 0 fully saturated rings. The lowest BCUT2D eigenvalue weighted by Crippen LogP contribution is -2.32. The van der Waals surface area contributed by atoms with Gasteiger partial charge in [0, 0.05) is 112 Å². The molecule has 0 radical (unpaired) electrons. The SMILES string of the molecule is CC(=O)O.CC(C)(C)OC(=O)NCc1ccc(CCC(=O)c2ccccc2C(N)=O)cc1.CC(C)(C)OC(=O)NCc1ccc(CCN)cc1.CCO.N#Cc1ccc(CCC(=O)c2ccccc2C(N)=O)cc1.NC(=O)c1ccccc1C(=O)CCc1ccc(Br)cc1.NCCc1ccc(Br)cc1.NCc1ccc(CCC(=O)c2ccccc2C(N)=O)cc1.NN.O.O=C1OC(=O)c2ccccc21. The number of alkyl carbamates (subject to hydrolysis) is 2. The number of carboxylic acids is 1. The Kier molecular flexibility index (Phi) is 56.4. The number of hydrogen-bond acceptors (Lipinski definition) is 23. The number of ketones is 4. The monoisotopic (exact) mass is 2030 g/mol. The molecule has 0 spiro atoms. The zero-order valence-electron chi connectivity index (χ0n) is 79.0. The van der Waals surface area contributed by atoms with Crippen molar-refractivity contribution in [3.63, 3.8) is 0 Å². The largest absolute Gasteiger partial charge is 0.481 e. The van der Waals surface area contributed by atoms with Gasteiger partial charge in [-0.1, -0.05) is 226 Å². The van der Waals surface area contributed by atoms with Crippen LogP contribution in [0, 0.1) is 11.3 Å². The summed E-state index contributed by atoms with van der Waals surface area (Å²) in [6, 6.07) is 81.6. The summed E-state index contributed by atoms with van der Waals surface area (Å²) in [4.78, 5) is 148. The minimum absolute atomic E-state index is 0. The highest BCUT2D eigenvalue weighted by Crippen LogP contribution is 2.23. The van der Waals surface area contributed by atoms with E-state index < -0.39 is 64.9 Å². The van der Waals surface area contributed by atoms with Crippen LogP contribution in [-0.4, -0.2) is 123 Å². The number of aryl methyl sites for hydroxylation is 4. The van der Waals surface area contributed by atoms with Gasteiger partial charge in [-0.25, -0.2) is 19.2 Å². The highest BCUT2D eigenvalue weighted by molar-refractivity contribution is 9.10. The molecule has 12 rings (SSSR count). The number of aliphatic hydroxyl groups is 1. The summed E-state index contributed by atoms with van der Waals surface area (Å²) >= 11 is 6.73. The second-order valence-corrected chi connectivity index (χ2v) is 33.7. The number of carbonyl (C=O) groups is 13. The van der Waals surface area contributed by atoms with E-state index in [9.17, 15) is 57.5 Å². The number of nitrogens with two attached hydrogens (primary N) is 9. The molecular weight excluding hydrogens is 1910 g/mol. The number of aliphatic hydroxyl groups excluding tert-OH is 1. The predicted octanol–water partition coefficient (Wildman–Crippen LogP) is 14.8. The summed E-state index contributed by atoms with van der Waals surface area (Å²) < 4.78 is 16.8. The Morgan fingerprint density at radius 1 is 0.367 bits per heavy atom. The molecule has 0 saturated heterocycles. The van der Waals surface area contributed by atoms with Gasteiger partial charge in [0.25, 0.3) is 5.97 Å². The number of nitrogens with one attached hydrogen (secondary N) is 2. The maximum atomic E-state index is 12.4. The van der Waals surface area contributed by atoms with Crippen LogP contribution >= 0.6 is 31.9 Å². The van der Waals surface area contributed by atoms with E-state index >= 15 is 0 Å². The molecule has 0 unspecified atom stereocenters. The van der Waals surface area contributed by atoms with E-state index in [4.69, 9.17) is 69.9 Å². The van der Waals surface area contributed by atoms with E-state index in [0.717, 1.165) is 74.2 Å². The van der Waals surface area contributed by atoms with Gasteiger partial charge < -0.3 is 80.7 Å². The van der Waals surface area contributed by atoms with Crippen LogP contribution in [0.3, 0.4) is 0 Å². The fourth-order valence-electron chi connectivity index (χ4n) is 12.2. The van der Waals surface area contributed by atoms with Crippen molar-refractivity contribution < 1.29 is 92.2 Å². The number of hydrogen-bond donors (Lipinski definition) is 13. The number of fused-ring (bicyclic) bond motifs is 1. The molecular formula is C106H124Br2N12O19. The number of nitrogens with zero attached hydrogens (tertiary/aromatic N) is 1. The van der Waals surface area contributed by atoms with E-state index in [1.807, 2.05) is 169 Å². The summed E-state index contributed by atoms with van der Waals surface area (Å²) in [7, 11) is 0. The standard InChI is InChI=1S/C22H26N2O4.C17H18N2O2.C17H14N2O2.C16H14BrNO2.C14H22N2O2.C8H10BrN.C8H4O3.C2H4O2.C2H6O.H4N2.H2O/c1-22(2,3)28-21(27)24-14-16-10-8-15(9-11-16)12-13-19(25)17-6-4-5-7-18(17)20(23)26;2*18-11-13-7-5-12(6-8-13)9-10-16(20)14-3-1-2-4-15(14)17(19)21;17-12-8-5-11(6-9-12)7-10-15(19)13-3-1-2-4-14(13)16(18)20;1-14(2,3)18-13(17)16-10-12-6-4-11(5-7-12)8-9-15;9-8-3-1-7(2-4-8)5-6-10;9-7-5-3-1-2-4-6(5)8(10)11-7;1-2(3)4;1-2-3;1-2;/h4-11H,12-14H2,1-3H3,(H2,23,26)(H,24,27);1-8H,9-11,18H2,(H2,19,21);1-8H,9-10H2,(H2,19,21);1-6,8-9H,7,10H2,(H2,18,20);4-7H,8-10,15H2,1-3H3,(H,16,17);1-4H,5-6,10H2;1-4H;1H3,(H,3,4);3H,2H2,1H3;1-2H2;1H2. The molecule has 31 nitrogen and oxygen atoms in total. The summed E-state index contributed by atoms with van der Waals surface area (Å²) in [5.41, 5.74) is 50.1. The van der Waals surface area contributed by atoms with E-state index in [1.54, 1.807) is 140 Å². The first-order chi connectivity index (χ1) is 65.6. The summed E-state index contributed by atoms with van der Waals surface area (Å²) in [6.45, 7) is 16.7. The Bertz CT molecular complexity index is 5790. The molecule has 1 heterocycles. The number of Topliss-reactive ketones (excluding diaryl/α,β-unsaturated/α-hetero) is 4. The minimum Gasteiger partial charge on any atom is -0.481 e. The van der Waals surface area contributed by atoms with Crippen LogP contribution in [0.4, 0.5) is 9.59 Å². The molecule has 0 saturated carbocycles.